The number of pyridine rings is 1. The number of aromatic carboxylic acids is 1. The monoisotopic (exact) mass is 486 g/mol. The summed E-state index contributed by atoms with van der Waals surface area (Å²) in [6, 6.07) is 1.16. The maximum Gasteiger partial charge on any atom is 0.337 e. The molecule has 4 N–H and O–H groups in total. The molecule has 1 heterocycles. The van der Waals surface area contributed by atoms with Gasteiger partial charge in [0.1, 0.15) is 0 Å². The van der Waals surface area contributed by atoms with Crippen molar-refractivity contribution in [2.24, 2.45) is 0 Å². The third-order valence-electron chi connectivity index (χ3n) is 5.27. The minimum absolute atomic E-state index is 0.00632. The quantitative estimate of drug-likeness (QED) is 0.260. The molecule has 1 aromatic rings. The van der Waals surface area contributed by atoms with Crippen molar-refractivity contribution < 1.29 is 9.90 Å². The van der Waals surface area contributed by atoms with Gasteiger partial charge in [0, 0.05) is 6.20 Å². The van der Waals surface area contributed by atoms with Gasteiger partial charge in [-0.15, -0.1) is 0 Å². The molecule has 8 heteroatoms. The summed E-state index contributed by atoms with van der Waals surface area (Å²) in [6.07, 6.45) is 15.5. The van der Waals surface area contributed by atoms with Crippen LogP contribution in [0.5, 0.6) is 0 Å². The zero-order valence-electron chi connectivity index (χ0n) is 19.2. The van der Waals surface area contributed by atoms with Gasteiger partial charge >= 0.3 is 5.97 Å². The van der Waals surface area contributed by atoms with E-state index in [2.05, 4.69) is 59.8 Å². The van der Waals surface area contributed by atoms with E-state index in [1.165, 1.54) is 29.0 Å². The van der Waals surface area contributed by atoms with Crippen molar-refractivity contribution >= 4 is 40.7 Å². The molecule has 0 saturated heterocycles. The molecule has 1 unspecified atom stereocenters. The first-order valence-corrected chi connectivity index (χ1v) is 11.7. The fourth-order valence-electron chi connectivity index (χ4n) is 3.60. The first kappa shape index (κ1) is 26.4. The van der Waals surface area contributed by atoms with Crippen molar-refractivity contribution in [1.29, 1.82) is 0 Å². The predicted octanol–water partition coefficient (Wildman–Crippen LogP) is 6.12. The van der Waals surface area contributed by atoms with E-state index < -0.39 is 5.97 Å². The number of nitrogens with one attached hydrogen (secondary N) is 3. The maximum absolute atomic E-state index is 11.1. The number of thiocarbonyl (C=S) groups is 1. The van der Waals surface area contributed by atoms with Gasteiger partial charge in [-0.3, -0.25) is 10.9 Å². The standard InChI is InChI=1S/C25H31ClN4O2S/c1-5-8-13-19-16(4)11-9-12-17(7-3)20(10-6-2)22(19)28-25(33)30-29-23-21(26)14-18(15-27-23)24(31)32/h6-8,10,13-15,22H,3,5,9,11-12H2,1-2,4H3,(H,27,29)(H,31,32)(H2,28,30,33)/b10-6-,13-8-,19-16-,20-17-. The number of halogens is 1. The molecular weight excluding hydrogens is 456 g/mol. The highest BCUT2D eigenvalue weighted by Crippen LogP contribution is 2.30. The van der Waals surface area contributed by atoms with Crippen LogP contribution in [-0.4, -0.2) is 27.2 Å². The third-order valence-corrected chi connectivity index (χ3v) is 5.78. The largest absolute Gasteiger partial charge is 0.478 e. The first-order valence-electron chi connectivity index (χ1n) is 10.9. The Balaban J connectivity index is 2.33. The van der Waals surface area contributed by atoms with Gasteiger partial charge in [0.05, 0.1) is 16.6 Å². The van der Waals surface area contributed by atoms with Crippen LogP contribution in [0.15, 0.2) is 71.5 Å². The summed E-state index contributed by atoms with van der Waals surface area (Å²) in [5.41, 5.74) is 10.6. The number of nitrogens with zero attached hydrogens (tertiary/aromatic N) is 1. The normalized spacial score (nSPS) is 21.5. The van der Waals surface area contributed by atoms with E-state index in [-0.39, 0.29) is 22.4 Å². The number of carbonyl (C=O) groups is 1. The van der Waals surface area contributed by atoms with Gasteiger partial charge in [0.15, 0.2) is 10.9 Å². The Morgan fingerprint density at radius 1 is 1.36 bits per heavy atom. The van der Waals surface area contributed by atoms with Gasteiger partial charge in [0.2, 0.25) is 0 Å². The number of anilines is 1. The molecule has 0 spiro atoms. The van der Waals surface area contributed by atoms with Crippen LogP contribution in [0, 0.1) is 0 Å². The van der Waals surface area contributed by atoms with E-state index in [1.54, 1.807) is 0 Å². The van der Waals surface area contributed by atoms with E-state index in [1.807, 2.05) is 19.1 Å². The topological polar surface area (TPSA) is 86.3 Å². The Morgan fingerprint density at radius 2 is 2.12 bits per heavy atom. The van der Waals surface area contributed by atoms with E-state index in [4.69, 9.17) is 28.9 Å². The lowest BCUT2D eigenvalue weighted by atomic mass is 9.85. The number of hydrogen-bond acceptors (Lipinski definition) is 4. The molecule has 0 amide bonds. The summed E-state index contributed by atoms with van der Waals surface area (Å²) in [6.45, 7) is 10.3. The zero-order chi connectivity index (χ0) is 24.4. The van der Waals surface area contributed by atoms with E-state index in [0.29, 0.717) is 5.11 Å². The lowest BCUT2D eigenvalue weighted by Crippen LogP contribution is -2.46. The average molecular weight is 487 g/mol. The Labute approximate surface area is 206 Å². The summed E-state index contributed by atoms with van der Waals surface area (Å²) >= 11 is 11.7. The number of allylic oxidation sites excluding steroid dienone is 5. The molecule has 1 aromatic heterocycles. The lowest BCUT2D eigenvalue weighted by molar-refractivity contribution is 0.0696. The molecule has 1 atom stereocenters. The second kappa shape index (κ2) is 13.0. The molecule has 2 rings (SSSR count). The van der Waals surface area contributed by atoms with Crippen molar-refractivity contribution in [1.82, 2.24) is 15.7 Å². The Bertz CT molecular complexity index is 1030. The Morgan fingerprint density at radius 3 is 2.73 bits per heavy atom. The molecule has 6 nitrogen and oxygen atoms in total. The Kier molecular flexibility index (Phi) is 10.4. The molecule has 0 radical (unpaired) electrons. The molecule has 1 aliphatic carbocycles. The zero-order valence-corrected chi connectivity index (χ0v) is 20.8. The Hall–Kier alpha value is -2.90. The number of hydrazine groups is 1. The van der Waals surface area contributed by atoms with Gasteiger partial charge in [0.25, 0.3) is 0 Å². The second-order valence-electron chi connectivity index (χ2n) is 7.60. The van der Waals surface area contributed by atoms with Gasteiger partial charge < -0.3 is 10.4 Å². The molecule has 1 aliphatic rings. The predicted molar refractivity (Wildman–Crippen MR) is 141 cm³/mol. The van der Waals surface area contributed by atoms with Gasteiger partial charge in [-0.1, -0.05) is 61.1 Å². The van der Waals surface area contributed by atoms with Crippen LogP contribution in [0.25, 0.3) is 0 Å². The molecule has 0 fully saturated rings. The van der Waals surface area contributed by atoms with Crippen LogP contribution >= 0.6 is 23.8 Å². The van der Waals surface area contributed by atoms with E-state index in [0.717, 1.165) is 31.3 Å². The highest BCUT2D eigenvalue weighted by molar-refractivity contribution is 7.80. The minimum Gasteiger partial charge on any atom is -0.478 e. The van der Waals surface area contributed by atoms with Crippen molar-refractivity contribution in [3.63, 3.8) is 0 Å². The summed E-state index contributed by atoms with van der Waals surface area (Å²) in [7, 11) is 0. The summed E-state index contributed by atoms with van der Waals surface area (Å²) in [5, 5.41) is 13.0. The number of carboxylic acids is 1. The van der Waals surface area contributed by atoms with Crippen molar-refractivity contribution in [3.8, 4) is 0 Å². The van der Waals surface area contributed by atoms with Crippen molar-refractivity contribution in [2.45, 2.75) is 52.5 Å². The summed E-state index contributed by atoms with van der Waals surface area (Å²) in [5.74, 6) is -0.821. The van der Waals surface area contributed by atoms with Gasteiger partial charge in [-0.05, 0) is 74.5 Å². The third kappa shape index (κ3) is 7.30. The van der Waals surface area contributed by atoms with E-state index in [9.17, 15) is 4.79 Å². The molecule has 0 bridgehead atoms. The summed E-state index contributed by atoms with van der Waals surface area (Å²) < 4.78 is 0. The molecule has 0 aromatic carbocycles. The molecule has 33 heavy (non-hydrogen) atoms. The second-order valence-corrected chi connectivity index (χ2v) is 8.42. The van der Waals surface area contributed by atoms with Crippen LogP contribution in [0.4, 0.5) is 5.82 Å². The fraction of sp³-hybridized carbons (Fsp3) is 0.320. The highest BCUT2D eigenvalue weighted by Gasteiger charge is 2.23. The maximum atomic E-state index is 11.1. The van der Waals surface area contributed by atoms with Crippen LogP contribution in [-0.2, 0) is 0 Å². The smallest absolute Gasteiger partial charge is 0.337 e. The molecule has 0 aliphatic heterocycles. The van der Waals surface area contributed by atoms with E-state index >= 15 is 0 Å². The first-order chi connectivity index (χ1) is 15.8. The van der Waals surface area contributed by atoms with Gasteiger partial charge in [-0.25, -0.2) is 9.78 Å². The summed E-state index contributed by atoms with van der Waals surface area (Å²) in [4.78, 5) is 15.1. The molecule has 176 valence electrons. The highest BCUT2D eigenvalue weighted by atomic mass is 35.5. The molecular formula is C25H31ClN4O2S. The number of aromatic nitrogens is 1. The minimum atomic E-state index is -1.10. The van der Waals surface area contributed by atoms with Crippen LogP contribution in [0.1, 0.15) is 56.8 Å². The fourth-order valence-corrected chi connectivity index (χ4v) is 3.99. The SMILES string of the molecule is C=C/C1=C(\C=C/C)C(NC(=S)NNc2ncc(C(=O)O)cc2Cl)C(/C=C\CC)=C(/C)CCC1. The van der Waals surface area contributed by atoms with Gasteiger partial charge in [-0.2, -0.15) is 0 Å². The number of carboxylic acid groups (broad SMARTS) is 1. The lowest BCUT2D eigenvalue weighted by Gasteiger charge is -2.29. The van der Waals surface area contributed by atoms with Crippen LogP contribution < -0.4 is 16.2 Å². The number of hydrogen-bond donors (Lipinski definition) is 4. The van der Waals surface area contributed by atoms with Crippen LogP contribution in [0.3, 0.4) is 0 Å². The van der Waals surface area contributed by atoms with Crippen molar-refractivity contribution in [2.75, 3.05) is 5.43 Å². The van der Waals surface area contributed by atoms with Crippen molar-refractivity contribution in [3.05, 3.63) is 82.1 Å². The average Bonchev–Trinajstić information content (AvgIpc) is 2.78. The molecule has 0 saturated carbocycles. The number of rotatable bonds is 8. The van der Waals surface area contributed by atoms with Crippen LogP contribution in [0.2, 0.25) is 5.02 Å².